The van der Waals surface area contributed by atoms with Crippen LogP contribution in [0.2, 0.25) is 0 Å². The minimum absolute atomic E-state index is 0.116. The second-order valence-corrected chi connectivity index (χ2v) is 4.64. The maximum Gasteiger partial charge on any atom is 0.337 e. The van der Waals surface area contributed by atoms with Crippen LogP contribution in [0.4, 0.5) is 0 Å². The number of aromatic carboxylic acids is 1. The van der Waals surface area contributed by atoms with E-state index in [9.17, 15) is 9.59 Å². The van der Waals surface area contributed by atoms with Gasteiger partial charge in [-0.15, -0.1) is 0 Å². The van der Waals surface area contributed by atoms with Crippen LogP contribution in [0, 0.1) is 0 Å². The molecule has 0 bridgehead atoms. The molecule has 1 aromatic heterocycles. The Morgan fingerprint density at radius 2 is 2.00 bits per heavy atom. The molecule has 1 aromatic rings. The standard InChI is InChI=1S/C12H15NO3/c1-12(6-2-3-7-12)13-8-9(11(15)16)4-5-10(13)14/h4-5,8H,2-3,6-7H2,1H3,(H,15,16). The third-order valence-electron chi connectivity index (χ3n) is 3.42. The molecule has 0 saturated heterocycles. The molecule has 1 heterocycles. The number of aromatic nitrogens is 1. The normalized spacial score (nSPS) is 18.6. The van der Waals surface area contributed by atoms with E-state index in [1.54, 1.807) is 4.57 Å². The van der Waals surface area contributed by atoms with E-state index in [2.05, 4.69) is 0 Å². The number of carboxylic acids is 1. The second-order valence-electron chi connectivity index (χ2n) is 4.64. The summed E-state index contributed by atoms with van der Waals surface area (Å²) >= 11 is 0. The molecule has 0 aromatic carbocycles. The summed E-state index contributed by atoms with van der Waals surface area (Å²) in [5.74, 6) is -0.990. The number of carboxylic acid groups (broad SMARTS) is 1. The van der Waals surface area contributed by atoms with Crippen LogP contribution in [0.1, 0.15) is 43.0 Å². The predicted octanol–water partition coefficient (Wildman–Crippen LogP) is 1.84. The third-order valence-corrected chi connectivity index (χ3v) is 3.42. The maximum absolute atomic E-state index is 11.8. The highest BCUT2D eigenvalue weighted by Gasteiger charge is 2.31. The summed E-state index contributed by atoms with van der Waals surface area (Å²) in [5.41, 5.74) is -0.148. The lowest BCUT2D eigenvalue weighted by atomic mass is 10.00. The van der Waals surface area contributed by atoms with E-state index >= 15 is 0 Å². The summed E-state index contributed by atoms with van der Waals surface area (Å²) in [5, 5.41) is 8.91. The molecule has 0 spiro atoms. The smallest absolute Gasteiger partial charge is 0.337 e. The molecule has 1 N–H and O–H groups in total. The lowest BCUT2D eigenvalue weighted by Gasteiger charge is -2.26. The van der Waals surface area contributed by atoms with Crippen LogP contribution in [-0.2, 0) is 5.54 Å². The molecular formula is C12H15NO3. The van der Waals surface area contributed by atoms with Gasteiger partial charge in [0.1, 0.15) is 0 Å². The zero-order chi connectivity index (χ0) is 11.8. The van der Waals surface area contributed by atoms with Crippen molar-refractivity contribution >= 4 is 5.97 Å². The van der Waals surface area contributed by atoms with Gasteiger partial charge >= 0.3 is 5.97 Å². The molecule has 86 valence electrons. The average molecular weight is 221 g/mol. The summed E-state index contributed by atoms with van der Waals surface area (Å²) in [6.45, 7) is 2.02. The molecule has 0 amide bonds. The first-order valence-electron chi connectivity index (χ1n) is 5.49. The van der Waals surface area contributed by atoms with E-state index in [1.165, 1.54) is 18.3 Å². The number of hydrogen-bond donors (Lipinski definition) is 1. The van der Waals surface area contributed by atoms with E-state index in [-0.39, 0.29) is 16.7 Å². The van der Waals surface area contributed by atoms with E-state index in [4.69, 9.17) is 5.11 Å². The molecule has 1 aliphatic rings. The van der Waals surface area contributed by atoms with Crippen LogP contribution in [0.15, 0.2) is 23.1 Å². The molecule has 4 nitrogen and oxygen atoms in total. The Labute approximate surface area is 93.5 Å². The van der Waals surface area contributed by atoms with Crippen LogP contribution in [0.3, 0.4) is 0 Å². The maximum atomic E-state index is 11.8. The van der Waals surface area contributed by atoms with Gasteiger partial charge in [-0.1, -0.05) is 12.8 Å². The van der Waals surface area contributed by atoms with Crippen LogP contribution in [0.5, 0.6) is 0 Å². The van der Waals surface area contributed by atoms with Crippen molar-refractivity contribution in [2.75, 3.05) is 0 Å². The summed E-state index contributed by atoms with van der Waals surface area (Å²) in [6.07, 6.45) is 5.54. The van der Waals surface area contributed by atoms with Crippen molar-refractivity contribution in [2.45, 2.75) is 38.1 Å². The largest absolute Gasteiger partial charge is 0.478 e. The zero-order valence-electron chi connectivity index (χ0n) is 9.27. The summed E-state index contributed by atoms with van der Waals surface area (Å²) in [7, 11) is 0. The molecule has 4 heteroatoms. The SMILES string of the molecule is CC1(n2cc(C(=O)O)ccc2=O)CCCC1. The third kappa shape index (κ3) is 1.75. The van der Waals surface area contributed by atoms with Gasteiger partial charge in [0.05, 0.1) is 5.56 Å². The number of carbonyl (C=O) groups is 1. The number of hydrogen-bond acceptors (Lipinski definition) is 2. The topological polar surface area (TPSA) is 59.3 Å². The number of pyridine rings is 1. The fourth-order valence-electron chi connectivity index (χ4n) is 2.41. The van der Waals surface area contributed by atoms with E-state index in [0.29, 0.717) is 0 Å². The Morgan fingerprint density at radius 3 is 2.56 bits per heavy atom. The van der Waals surface area contributed by atoms with Gasteiger partial charge in [-0.05, 0) is 25.8 Å². The fourth-order valence-corrected chi connectivity index (χ4v) is 2.41. The molecule has 1 saturated carbocycles. The van der Waals surface area contributed by atoms with Crippen molar-refractivity contribution in [3.8, 4) is 0 Å². The van der Waals surface area contributed by atoms with E-state index in [0.717, 1.165) is 25.7 Å². The van der Waals surface area contributed by atoms with Gasteiger partial charge in [-0.2, -0.15) is 0 Å². The highest BCUT2D eigenvalue weighted by Crippen LogP contribution is 2.34. The first kappa shape index (κ1) is 10.9. The fraction of sp³-hybridized carbons (Fsp3) is 0.500. The van der Waals surface area contributed by atoms with Gasteiger partial charge < -0.3 is 9.67 Å². The van der Waals surface area contributed by atoms with Crippen molar-refractivity contribution in [1.82, 2.24) is 4.57 Å². The molecular weight excluding hydrogens is 206 g/mol. The molecule has 1 aliphatic carbocycles. The molecule has 0 unspecified atom stereocenters. The van der Waals surface area contributed by atoms with Gasteiger partial charge in [-0.3, -0.25) is 4.79 Å². The Kier molecular flexibility index (Phi) is 2.58. The molecule has 0 atom stereocenters. The zero-order valence-corrected chi connectivity index (χ0v) is 9.27. The average Bonchev–Trinajstić information content (AvgIpc) is 2.66. The van der Waals surface area contributed by atoms with Crippen LogP contribution in [0.25, 0.3) is 0 Å². The van der Waals surface area contributed by atoms with E-state index in [1.807, 2.05) is 6.92 Å². The first-order valence-corrected chi connectivity index (χ1v) is 5.49. The Balaban J connectivity index is 2.50. The van der Waals surface area contributed by atoms with E-state index < -0.39 is 5.97 Å². The summed E-state index contributed by atoms with van der Waals surface area (Å²) < 4.78 is 1.59. The first-order chi connectivity index (χ1) is 7.53. The Morgan fingerprint density at radius 1 is 1.38 bits per heavy atom. The molecule has 1 fully saturated rings. The Bertz CT molecular complexity index is 469. The van der Waals surface area contributed by atoms with Crippen molar-refractivity contribution in [3.05, 3.63) is 34.2 Å². The van der Waals surface area contributed by atoms with Crippen LogP contribution < -0.4 is 5.56 Å². The minimum atomic E-state index is -0.990. The quantitative estimate of drug-likeness (QED) is 0.828. The highest BCUT2D eigenvalue weighted by molar-refractivity contribution is 5.87. The van der Waals surface area contributed by atoms with Crippen LogP contribution in [-0.4, -0.2) is 15.6 Å². The van der Waals surface area contributed by atoms with Crippen LogP contribution >= 0.6 is 0 Å². The lowest BCUT2D eigenvalue weighted by Crippen LogP contribution is -2.36. The van der Waals surface area contributed by atoms with Gasteiger partial charge in [0.2, 0.25) is 0 Å². The monoisotopic (exact) mass is 221 g/mol. The summed E-state index contributed by atoms with van der Waals surface area (Å²) in [4.78, 5) is 22.6. The van der Waals surface area contributed by atoms with Gasteiger partial charge in [0.25, 0.3) is 5.56 Å². The van der Waals surface area contributed by atoms with Gasteiger partial charge in [0.15, 0.2) is 0 Å². The lowest BCUT2D eigenvalue weighted by molar-refractivity contribution is 0.0695. The number of rotatable bonds is 2. The number of nitrogens with zero attached hydrogens (tertiary/aromatic N) is 1. The summed E-state index contributed by atoms with van der Waals surface area (Å²) in [6, 6.07) is 2.70. The molecule has 0 radical (unpaired) electrons. The van der Waals surface area contributed by atoms with Crippen molar-refractivity contribution in [1.29, 1.82) is 0 Å². The Hall–Kier alpha value is -1.58. The second kappa shape index (κ2) is 3.77. The van der Waals surface area contributed by atoms with Crippen molar-refractivity contribution < 1.29 is 9.90 Å². The highest BCUT2D eigenvalue weighted by atomic mass is 16.4. The predicted molar refractivity (Wildman–Crippen MR) is 59.8 cm³/mol. The van der Waals surface area contributed by atoms with Crippen molar-refractivity contribution in [2.24, 2.45) is 0 Å². The van der Waals surface area contributed by atoms with Crippen molar-refractivity contribution in [3.63, 3.8) is 0 Å². The molecule has 16 heavy (non-hydrogen) atoms. The molecule has 2 rings (SSSR count). The van der Waals surface area contributed by atoms with Gasteiger partial charge in [-0.25, -0.2) is 4.79 Å². The minimum Gasteiger partial charge on any atom is -0.478 e. The van der Waals surface area contributed by atoms with Gasteiger partial charge in [0, 0.05) is 17.8 Å². The molecule has 0 aliphatic heterocycles.